The Morgan fingerprint density at radius 3 is 1.43 bits per heavy atom. The van der Waals surface area contributed by atoms with E-state index in [2.05, 4.69) is 51.2 Å². The Balaban J connectivity index is 0.690. The molecule has 6 aromatic heterocycles. The number of aromatic amines is 2. The van der Waals surface area contributed by atoms with E-state index in [4.69, 9.17) is 41.9 Å². The van der Waals surface area contributed by atoms with Crippen molar-refractivity contribution in [1.82, 2.24) is 63.7 Å². The molecular formula is C55H67N19O16. The summed E-state index contributed by atoms with van der Waals surface area (Å²) in [5.74, 6) is -2.14. The number of amides is 2. The van der Waals surface area contributed by atoms with Gasteiger partial charge in [-0.15, -0.1) is 0 Å². The van der Waals surface area contributed by atoms with Gasteiger partial charge in [0.05, 0.1) is 72.7 Å². The number of hydrogen-bond donors (Lipinski definition) is 14. The first-order chi connectivity index (χ1) is 43.1. The Hall–Kier alpha value is -9.20. The molecule has 0 radical (unpaired) electrons. The molecule has 2 fully saturated rings. The van der Waals surface area contributed by atoms with Crippen LogP contribution in [0.15, 0.2) is 44.8 Å². The van der Waals surface area contributed by atoms with E-state index in [0.717, 1.165) is 0 Å². The molecule has 90 heavy (non-hydrogen) atoms. The number of ketones is 4. The van der Waals surface area contributed by atoms with Gasteiger partial charge in [0.1, 0.15) is 49.3 Å². The number of anilines is 2. The first-order valence-corrected chi connectivity index (χ1v) is 29.1. The summed E-state index contributed by atoms with van der Waals surface area (Å²) in [5, 5.41) is 52.7. The number of fused-ring (bicyclic) bond motifs is 8. The van der Waals surface area contributed by atoms with Gasteiger partial charge in [-0.2, -0.15) is 9.97 Å². The quantitative estimate of drug-likeness (QED) is 0.0313. The third-order valence-electron chi connectivity index (χ3n) is 17.4. The van der Waals surface area contributed by atoms with Gasteiger partial charge in [0.2, 0.25) is 35.0 Å². The van der Waals surface area contributed by atoms with E-state index in [1.807, 2.05) is 11.9 Å². The molecule has 0 bridgehead atoms. The molecule has 6 aliphatic rings. The number of aromatic nitrogens is 10. The Bertz CT molecular complexity index is 3890. The molecule has 478 valence electrons. The molecule has 10 atom stereocenters. The van der Waals surface area contributed by atoms with E-state index in [1.54, 1.807) is 9.13 Å². The van der Waals surface area contributed by atoms with E-state index in [1.165, 1.54) is 35.6 Å². The topological polar surface area (TPSA) is 513 Å². The number of Topliss-reactive ketones (excluding diaryl/α,β-unsaturated/α-hetero) is 4. The van der Waals surface area contributed by atoms with Crippen LogP contribution in [0.25, 0.3) is 22.3 Å². The summed E-state index contributed by atoms with van der Waals surface area (Å²) in [6, 6.07) is -3.35. The summed E-state index contributed by atoms with van der Waals surface area (Å²) in [5.41, 5.74) is 24.6. The third-order valence-corrected chi connectivity index (χ3v) is 17.4. The highest BCUT2D eigenvalue weighted by Gasteiger charge is 2.47. The number of ether oxygens (including phenoxy) is 4. The summed E-state index contributed by atoms with van der Waals surface area (Å²) >= 11 is 0. The second-order valence-electron chi connectivity index (χ2n) is 23.1. The van der Waals surface area contributed by atoms with Gasteiger partial charge in [-0.3, -0.25) is 47.9 Å². The predicted molar refractivity (Wildman–Crippen MR) is 311 cm³/mol. The molecular weight excluding hydrogens is 1180 g/mol. The number of H-pyrrole nitrogens is 2. The number of hydrogen-bond acceptors (Lipinski definition) is 27. The number of imidazole rings is 2. The zero-order chi connectivity index (χ0) is 63.9. The van der Waals surface area contributed by atoms with Gasteiger partial charge in [-0.1, -0.05) is 0 Å². The lowest BCUT2D eigenvalue weighted by Crippen LogP contribution is -2.35. The minimum absolute atomic E-state index is 0.0110. The van der Waals surface area contributed by atoms with E-state index in [-0.39, 0.29) is 129 Å². The van der Waals surface area contributed by atoms with Gasteiger partial charge in [0, 0.05) is 84.8 Å². The molecule has 2 aliphatic carbocycles. The van der Waals surface area contributed by atoms with E-state index in [0.29, 0.717) is 37.3 Å². The van der Waals surface area contributed by atoms with Gasteiger partial charge >= 0.3 is 12.2 Å². The fourth-order valence-corrected chi connectivity index (χ4v) is 13.0. The number of allylic oxidation sites excluding steroid dienone is 4. The summed E-state index contributed by atoms with van der Waals surface area (Å²) in [6.07, 6.45) is -3.71. The zero-order valence-electron chi connectivity index (χ0n) is 48.8. The van der Waals surface area contributed by atoms with Crippen molar-refractivity contribution in [2.45, 2.75) is 127 Å². The number of carbonyl (C=O) groups excluding carboxylic acids is 6. The lowest BCUT2D eigenvalue weighted by Gasteiger charge is -2.23. The van der Waals surface area contributed by atoms with Crippen LogP contribution in [0.4, 0.5) is 21.5 Å². The number of primary amides is 2. The predicted octanol–water partition coefficient (Wildman–Crippen LogP) is -2.49. The van der Waals surface area contributed by atoms with Crippen LogP contribution >= 0.6 is 0 Å². The number of nitrogens with zero attached hydrogens (tertiary/aromatic N) is 9. The molecule has 0 unspecified atom stereocenters. The minimum atomic E-state index is -1.14. The van der Waals surface area contributed by atoms with Crippen LogP contribution in [0.3, 0.4) is 0 Å². The highest BCUT2D eigenvalue weighted by Crippen LogP contribution is 2.43. The molecule has 10 heterocycles. The number of rotatable bonds is 22. The molecule has 12 rings (SSSR count). The highest BCUT2D eigenvalue weighted by atomic mass is 16.6. The lowest BCUT2D eigenvalue weighted by atomic mass is 9.89. The molecule has 4 aliphatic heterocycles. The molecule has 0 aromatic carbocycles. The fourth-order valence-electron chi connectivity index (χ4n) is 13.0. The molecule has 2 amide bonds. The van der Waals surface area contributed by atoms with Crippen molar-refractivity contribution in [1.29, 1.82) is 0 Å². The molecule has 6 aromatic rings. The zero-order valence-corrected chi connectivity index (χ0v) is 48.8. The Morgan fingerprint density at radius 1 is 0.667 bits per heavy atom. The smallest absolute Gasteiger partial charge is 0.404 e. The Kier molecular flexibility index (Phi) is 16.3. The summed E-state index contributed by atoms with van der Waals surface area (Å²) < 4.78 is 28.2. The average Bonchev–Trinajstić information content (AvgIpc) is 1.56. The second-order valence-corrected chi connectivity index (χ2v) is 23.1. The Morgan fingerprint density at radius 2 is 1.07 bits per heavy atom. The van der Waals surface area contributed by atoms with Crippen LogP contribution in [0.1, 0.15) is 128 Å². The van der Waals surface area contributed by atoms with E-state index < -0.39 is 134 Å². The normalized spacial score (nSPS) is 24.6. The van der Waals surface area contributed by atoms with Crippen molar-refractivity contribution < 1.29 is 68.1 Å². The maximum Gasteiger partial charge on any atom is 0.404 e. The largest absolute Gasteiger partial charge is 0.445 e. The van der Waals surface area contributed by atoms with Crippen LogP contribution in [-0.4, -0.2) is 192 Å². The number of aliphatic hydroxyl groups is 4. The minimum Gasteiger partial charge on any atom is -0.445 e. The second kappa shape index (κ2) is 24.0. The molecule has 18 N–H and O–H groups in total. The molecule has 2 saturated heterocycles. The fraction of sp³-hybridized carbons (Fsp3) is 0.491. The Labute approximate surface area is 507 Å². The van der Waals surface area contributed by atoms with E-state index in [9.17, 15) is 58.8 Å². The summed E-state index contributed by atoms with van der Waals surface area (Å²) in [4.78, 5) is 134. The molecule has 0 spiro atoms. The first kappa shape index (κ1) is 61.1. The van der Waals surface area contributed by atoms with Gasteiger partial charge in [0.25, 0.3) is 11.1 Å². The van der Waals surface area contributed by atoms with Gasteiger partial charge in [-0.05, 0) is 46.8 Å². The molecule has 35 nitrogen and oxygen atoms in total. The van der Waals surface area contributed by atoms with E-state index >= 15 is 0 Å². The van der Waals surface area contributed by atoms with Crippen LogP contribution in [0, 0.1) is 0 Å². The number of carbonyl (C=O) groups is 6. The van der Waals surface area contributed by atoms with Crippen LogP contribution in [-0.2, 0) is 45.3 Å². The maximum absolute atomic E-state index is 14.6. The van der Waals surface area contributed by atoms with Crippen molar-refractivity contribution in [2.24, 2.45) is 22.9 Å². The van der Waals surface area contributed by atoms with Gasteiger partial charge < -0.3 is 97.6 Å². The van der Waals surface area contributed by atoms with Gasteiger partial charge in [-0.25, -0.2) is 19.6 Å². The third kappa shape index (κ3) is 10.5. The summed E-state index contributed by atoms with van der Waals surface area (Å²) in [7, 11) is 1.88. The number of aliphatic hydroxyl groups excluding tert-OH is 4. The maximum atomic E-state index is 14.6. The van der Waals surface area contributed by atoms with Crippen molar-refractivity contribution in [3.05, 3.63) is 101 Å². The molecule has 0 saturated carbocycles. The van der Waals surface area contributed by atoms with Crippen LogP contribution in [0.5, 0.6) is 0 Å². The monoisotopic (exact) mass is 1250 g/mol. The van der Waals surface area contributed by atoms with Crippen LogP contribution in [0.2, 0.25) is 0 Å². The number of nitrogens with one attached hydrogen (secondary N) is 6. The average molecular weight is 1250 g/mol. The molecule has 35 heteroatoms. The highest BCUT2D eigenvalue weighted by molar-refractivity contribution is 6.28. The SMILES string of the molecule is CC1=C(NCCCN(C)CCCNC2=C(C)C(=O)c3c(c(COC(N)=O)c4n3C[C@H](N)[C@H]4Nc3nc4c(ncn4[C@H]4C[C@H](O)[C@@H](CO)O4)c(=O)[nH]3)C2=O)C(=O)c2c(COC(N)=O)c3n(c2C1=O)C[C@H](N)[C@H]3Nc1nc2c(ncn2[C@H]2C[C@H](O)[C@@H](CO)O2)c(=O)[nH]1. The number of nitrogens with two attached hydrogens (primary N) is 4. The first-order valence-electron chi connectivity index (χ1n) is 29.1. The van der Waals surface area contributed by atoms with Crippen molar-refractivity contribution in [3.63, 3.8) is 0 Å². The summed E-state index contributed by atoms with van der Waals surface area (Å²) in [6.45, 7) is 2.79. The lowest BCUT2D eigenvalue weighted by molar-refractivity contribution is -0.0432. The van der Waals surface area contributed by atoms with Crippen molar-refractivity contribution in [2.75, 3.05) is 57.1 Å². The van der Waals surface area contributed by atoms with Crippen LogP contribution < -0.4 is 55.3 Å². The van der Waals surface area contributed by atoms with Gasteiger partial charge in [0.15, 0.2) is 22.3 Å². The van der Waals surface area contributed by atoms with Crippen molar-refractivity contribution >= 4 is 69.5 Å². The standard InChI is InChI=1S/C55H67N19O16/c1-20-34(46(81)32-22(16-87-52(58)85)40-36(24(56)12-71(40)42(32)44(20)79)64-54-66-48-38(50(83)68-54)62-18-73(48)30-10-26(77)28(14-75)89-30)60-6-4-8-70(3)9-5-7-61-35-21(2)45(80)43-33(47(35)82)23(17-88-53(59)86)41-37(25(57)13-72(41)43)65-55-67-49-39(51(84)69-55)63-19-74(49)31-11-27(78)29(15-76)90-31/h18-19,24-31,36-37,60-61,75-78H,4-17,56-57H2,1-3H3,(H2,58,85)(H2,59,86)(H2,64,66,68,83)(H2,65,67,69,84)/t24-,25-,26-,27-,28+,29+,30+,31+,36+,37+/m0/s1. The van der Waals surface area contributed by atoms with Crippen molar-refractivity contribution in [3.8, 4) is 0 Å².